The van der Waals surface area contributed by atoms with Crippen LogP contribution in [0.2, 0.25) is 0 Å². The van der Waals surface area contributed by atoms with Gasteiger partial charge in [-0.3, -0.25) is 0 Å². The van der Waals surface area contributed by atoms with Crippen LogP contribution in [-0.4, -0.2) is 44.6 Å². The summed E-state index contributed by atoms with van der Waals surface area (Å²) < 4.78 is 52.1. The molecule has 1 fully saturated rings. The number of nitrogens with two attached hydrogens (primary N) is 1. The third kappa shape index (κ3) is 6.79. The number of nitrogens with zero attached hydrogens (tertiary/aromatic N) is 4. The summed E-state index contributed by atoms with van der Waals surface area (Å²) in [5.74, 6) is -1.90. The molecular formula is C29H29F3N6O2S2. The monoisotopic (exact) mass is 614 g/mol. The topological polar surface area (TPSA) is 106 Å². The molecular weight excluding hydrogens is 585 g/mol. The van der Waals surface area contributed by atoms with Gasteiger partial charge in [0.05, 0.1) is 31.9 Å². The lowest BCUT2D eigenvalue weighted by molar-refractivity contribution is 0.0198. The summed E-state index contributed by atoms with van der Waals surface area (Å²) in [6.45, 7) is 6.45. The first kappa shape index (κ1) is 29.6. The van der Waals surface area contributed by atoms with E-state index in [1.165, 1.54) is 23.6 Å². The molecule has 8 nitrogen and oxygen atoms in total. The second kappa shape index (κ2) is 12.2. The van der Waals surface area contributed by atoms with Crippen molar-refractivity contribution in [2.24, 2.45) is 0 Å². The molecule has 220 valence electrons. The number of piperidine rings is 1. The Bertz CT molecular complexity index is 1610. The van der Waals surface area contributed by atoms with E-state index in [9.17, 15) is 13.6 Å². The van der Waals surface area contributed by atoms with Gasteiger partial charge in [-0.15, -0.1) is 11.3 Å². The maximum Gasteiger partial charge on any atom is 0.410 e. The molecule has 4 aromatic rings. The first-order valence-corrected chi connectivity index (χ1v) is 14.9. The largest absolute Gasteiger partial charge is 0.444 e. The number of rotatable bonds is 6. The number of hydrogen-bond acceptors (Lipinski definition) is 9. The van der Waals surface area contributed by atoms with E-state index >= 15 is 4.39 Å². The highest BCUT2D eigenvalue weighted by atomic mass is 32.2. The number of likely N-dealkylation sites (tertiary alicyclic amines) is 1. The lowest BCUT2D eigenvalue weighted by atomic mass is 9.99. The van der Waals surface area contributed by atoms with E-state index in [-0.39, 0.29) is 34.1 Å². The summed E-state index contributed by atoms with van der Waals surface area (Å²) in [5, 5.41) is 0.722. The number of benzene rings is 2. The Morgan fingerprint density at radius 3 is 2.74 bits per heavy atom. The van der Waals surface area contributed by atoms with Gasteiger partial charge in [0, 0.05) is 30.8 Å². The minimum Gasteiger partial charge on any atom is -0.444 e. The number of aromatic nitrogens is 3. The smallest absolute Gasteiger partial charge is 0.410 e. The van der Waals surface area contributed by atoms with Gasteiger partial charge < -0.3 is 20.1 Å². The van der Waals surface area contributed by atoms with Crippen molar-refractivity contribution in [3.05, 3.63) is 71.1 Å². The zero-order valence-electron chi connectivity index (χ0n) is 23.2. The molecule has 1 aliphatic heterocycles. The zero-order chi connectivity index (χ0) is 30.0. The summed E-state index contributed by atoms with van der Waals surface area (Å²) in [5.41, 5.74) is 6.34. The molecule has 0 radical (unpaired) electrons. The molecule has 0 spiro atoms. The molecule has 0 bridgehead atoms. The molecule has 13 heteroatoms. The molecule has 5 rings (SSSR count). The Morgan fingerprint density at radius 2 is 1.98 bits per heavy atom. The van der Waals surface area contributed by atoms with Crippen LogP contribution in [0.15, 0.2) is 53.6 Å². The number of carbonyl (C=O) groups excluding carboxylic acids is 1. The van der Waals surface area contributed by atoms with Crippen molar-refractivity contribution in [3.8, 4) is 21.8 Å². The maximum absolute atomic E-state index is 16.0. The first-order chi connectivity index (χ1) is 20.0. The highest BCUT2D eigenvalue weighted by Gasteiger charge is 2.31. The van der Waals surface area contributed by atoms with Gasteiger partial charge >= 0.3 is 6.09 Å². The van der Waals surface area contributed by atoms with E-state index in [1.54, 1.807) is 23.1 Å². The van der Waals surface area contributed by atoms with Crippen LogP contribution in [0.25, 0.3) is 21.8 Å². The summed E-state index contributed by atoms with van der Waals surface area (Å²) in [7, 11) is 0. The summed E-state index contributed by atoms with van der Waals surface area (Å²) >= 11 is 2.12. The number of ether oxygens (including phenoxy) is 1. The fourth-order valence-electron chi connectivity index (χ4n) is 4.50. The van der Waals surface area contributed by atoms with Crippen LogP contribution < -0.4 is 10.5 Å². The molecule has 0 saturated carbocycles. The summed E-state index contributed by atoms with van der Waals surface area (Å²) in [6.07, 6.45) is 2.68. The number of carbonyl (C=O) groups is 1. The molecule has 1 aliphatic rings. The maximum atomic E-state index is 16.0. The van der Waals surface area contributed by atoms with E-state index in [0.29, 0.717) is 29.4 Å². The van der Waals surface area contributed by atoms with Gasteiger partial charge in [-0.1, -0.05) is 6.07 Å². The fourth-order valence-corrected chi connectivity index (χ4v) is 6.39. The molecule has 1 amide bonds. The van der Waals surface area contributed by atoms with Gasteiger partial charge in [0.1, 0.15) is 17.2 Å². The Morgan fingerprint density at radius 1 is 1.17 bits per heavy atom. The van der Waals surface area contributed by atoms with Crippen molar-refractivity contribution in [1.29, 1.82) is 0 Å². The summed E-state index contributed by atoms with van der Waals surface area (Å²) in [4.78, 5) is 28.2. The van der Waals surface area contributed by atoms with E-state index in [4.69, 9.17) is 15.5 Å². The predicted molar refractivity (Wildman–Crippen MR) is 159 cm³/mol. The van der Waals surface area contributed by atoms with Crippen molar-refractivity contribution in [2.45, 2.75) is 50.0 Å². The van der Waals surface area contributed by atoms with Gasteiger partial charge in [-0.05, 0) is 82.0 Å². The highest BCUT2D eigenvalue weighted by Crippen LogP contribution is 2.42. The quantitative estimate of drug-likeness (QED) is 0.215. The van der Waals surface area contributed by atoms with Crippen LogP contribution in [-0.2, 0) is 4.74 Å². The molecule has 3 heterocycles. The van der Waals surface area contributed by atoms with Crippen LogP contribution >= 0.6 is 23.3 Å². The Labute approximate surface area is 249 Å². The van der Waals surface area contributed by atoms with Crippen LogP contribution in [0.4, 0.5) is 29.6 Å². The number of hydrogen-bond donors (Lipinski definition) is 2. The average Bonchev–Trinajstić information content (AvgIpc) is 3.39. The Balaban J connectivity index is 1.49. The zero-order valence-corrected chi connectivity index (χ0v) is 24.8. The number of anilines is 2. The molecule has 1 unspecified atom stereocenters. The first-order valence-electron chi connectivity index (χ1n) is 13.2. The molecule has 42 heavy (non-hydrogen) atoms. The number of nitrogens with one attached hydrogen (secondary N) is 1. The van der Waals surface area contributed by atoms with Crippen LogP contribution in [0.3, 0.4) is 0 Å². The van der Waals surface area contributed by atoms with Crippen molar-refractivity contribution < 1.29 is 22.7 Å². The molecule has 2 aromatic heterocycles. The number of thiazole rings is 1. The molecule has 0 aliphatic carbocycles. The third-order valence-corrected chi connectivity index (χ3v) is 8.49. The van der Waals surface area contributed by atoms with E-state index < -0.39 is 23.1 Å². The molecule has 1 atom stereocenters. The summed E-state index contributed by atoms with van der Waals surface area (Å²) in [6, 6.07) is 9.47. The van der Waals surface area contributed by atoms with Crippen molar-refractivity contribution in [2.75, 3.05) is 23.5 Å². The Kier molecular flexibility index (Phi) is 8.60. The van der Waals surface area contributed by atoms with Gasteiger partial charge in [0.25, 0.3) is 0 Å². The highest BCUT2D eigenvalue weighted by molar-refractivity contribution is 8.00. The third-order valence-electron chi connectivity index (χ3n) is 6.39. The number of nitrogen functional groups attached to an aromatic ring is 1. The van der Waals surface area contributed by atoms with Gasteiger partial charge in [0.15, 0.2) is 5.82 Å². The minimum atomic E-state index is -0.633. The molecule has 2 aromatic carbocycles. The average molecular weight is 615 g/mol. The minimum absolute atomic E-state index is 0.0141. The Hall–Kier alpha value is -3.84. The normalized spacial score (nSPS) is 15.5. The van der Waals surface area contributed by atoms with Crippen molar-refractivity contribution >= 4 is 41.0 Å². The van der Waals surface area contributed by atoms with Crippen molar-refractivity contribution in [3.63, 3.8) is 0 Å². The van der Waals surface area contributed by atoms with E-state index in [2.05, 4.69) is 14.7 Å². The SMILES string of the molecule is CC(C)(C)OC(=O)N1CCCC(c2nc(-c3cccc(NSc4cc(F)ccc4F)c3F)c(-c3ccnc(N)n3)s2)C1. The van der Waals surface area contributed by atoms with E-state index in [1.807, 2.05) is 20.8 Å². The number of halogens is 3. The van der Waals surface area contributed by atoms with Gasteiger partial charge in [0.2, 0.25) is 5.95 Å². The van der Waals surface area contributed by atoms with Crippen molar-refractivity contribution in [1.82, 2.24) is 19.9 Å². The standard InChI is InChI=1S/C29H29F3N6O2S2/c1-29(2,3)40-28(39)38-13-5-6-16(15-38)26-36-24(25(41-26)21-11-12-34-27(33)35-21)18-7-4-8-20(23(18)32)37-42-22-14-17(30)9-10-19(22)31/h4,7-12,14,16,37H,5-6,13,15H2,1-3H3,(H2,33,34,35). The molecule has 3 N–H and O–H groups in total. The van der Waals surface area contributed by atoms with Crippen LogP contribution in [0.5, 0.6) is 0 Å². The second-order valence-corrected chi connectivity index (χ2v) is 12.6. The number of amides is 1. The molecule has 1 saturated heterocycles. The van der Waals surface area contributed by atoms with Crippen LogP contribution in [0, 0.1) is 17.5 Å². The second-order valence-electron chi connectivity index (χ2n) is 10.7. The van der Waals surface area contributed by atoms with E-state index in [0.717, 1.165) is 48.0 Å². The fraction of sp³-hybridized carbons (Fsp3) is 0.310. The van der Waals surface area contributed by atoms with Crippen LogP contribution in [0.1, 0.15) is 44.5 Å². The lowest BCUT2D eigenvalue weighted by Gasteiger charge is -2.33. The lowest BCUT2D eigenvalue weighted by Crippen LogP contribution is -2.42. The van der Waals surface area contributed by atoms with Gasteiger partial charge in [-0.25, -0.2) is 32.9 Å². The predicted octanol–water partition coefficient (Wildman–Crippen LogP) is 7.50. The van der Waals surface area contributed by atoms with Gasteiger partial charge in [-0.2, -0.15) is 0 Å².